The summed E-state index contributed by atoms with van der Waals surface area (Å²) in [6, 6.07) is 10.1. The van der Waals surface area contributed by atoms with Gasteiger partial charge in [0.05, 0.1) is 30.0 Å². The van der Waals surface area contributed by atoms with Crippen LogP contribution in [0.2, 0.25) is 0 Å². The van der Waals surface area contributed by atoms with Gasteiger partial charge in [0.15, 0.2) is 0 Å². The largest absolute Gasteiger partial charge is 0.347 e. The topological polar surface area (TPSA) is 108 Å². The van der Waals surface area contributed by atoms with E-state index < -0.39 is 40.1 Å². The highest BCUT2D eigenvalue weighted by Crippen LogP contribution is 2.43. The zero-order chi connectivity index (χ0) is 30.6. The van der Waals surface area contributed by atoms with Gasteiger partial charge in [0.1, 0.15) is 0 Å². The normalized spacial score (nSPS) is 24.1. The molecule has 0 bridgehead atoms. The molecule has 2 aliphatic rings. The maximum atomic E-state index is 14.4. The first-order chi connectivity index (χ1) is 19.9. The van der Waals surface area contributed by atoms with E-state index in [1.54, 1.807) is 60.5 Å². The molecule has 2 aromatic rings. The van der Waals surface area contributed by atoms with Gasteiger partial charge in [0, 0.05) is 33.9 Å². The van der Waals surface area contributed by atoms with Crippen LogP contribution in [0.3, 0.4) is 0 Å². The average Bonchev–Trinajstić information content (AvgIpc) is 2.93. The number of hydrogen-bond acceptors (Lipinski definition) is 5. The summed E-state index contributed by atoms with van der Waals surface area (Å²) in [5.41, 5.74) is 2.05. The first-order valence-corrected chi connectivity index (χ1v) is 16.5. The molecule has 0 spiro atoms. The summed E-state index contributed by atoms with van der Waals surface area (Å²) < 4.78 is 27.5. The summed E-state index contributed by atoms with van der Waals surface area (Å²) >= 11 is 12.8. The van der Waals surface area contributed by atoms with Crippen LogP contribution < -0.4 is 10.0 Å². The van der Waals surface area contributed by atoms with E-state index in [1.807, 2.05) is 19.1 Å². The average molecular weight is 632 g/mol. The second-order valence-corrected chi connectivity index (χ2v) is 13.7. The van der Waals surface area contributed by atoms with Crippen LogP contribution in [0.1, 0.15) is 73.1 Å². The van der Waals surface area contributed by atoms with Crippen molar-refractivity contribution < 1.29 is 18.0 Å². The van der Waals surface area contributed by atoms with Gasteiger partial charge in [0.2, 0.25) is 15.9 Å². The molecule has 1 fully saturated rings. The van der Waals surface area contributed by atoms with Crippen molar-refractivity contribution in [2.75, 3.05) is 6.26 Å². The summed E-state index contributed by atoms with van der Waals surface area (Å²) in [5.74, 6) is -1.53. The number of allylic oxidation sites excluding steroid dienone is 3. The predicted molar refractivity (Wildman–Crippen MR) is 167 cm³/mol. The molecule has 1 aromatic carbocycles. The number of rotatable bonds is 9. The molecule has 8 nitrogen and oxygen atoms in total. The van der Waals surface area contributed by atoms with E-state index in [0.717, 1.165) is 19.1 Å². The highest BCUT2D eigenvalue weighted by molar-refractivity contribution is 7.88. The third-order valence-electron chi connectivity index (χ3n) is 7.73. The number of amides is 2. The Bertz CT molecular complexity index is 1510. The lowest BCUT2D eigenvalue weighted by atomic mass is 9.76. The number of carbonyl (C=O) groups is 2. The van der Waals surface area contributed by atoms with Crippen molar-refractivity contribution in [2.45, 2.75) is 69.6 Å². The van der Waals surface area contributed by atoms with E-state index in [2.05, 4.69) is 21.6 Å². The molecule has 11 heteroatoms. The van der Waals surface area contributed by atoms with E-state index in [0.29, 0.717) is 40.3 Å². The Balaban J connectivity index is 1.92. The van der Waals surface area contributed by atoms with E-state index >= 15 is 0 Å². The molecule has 1 aromatic heterocycles. The minimum absolute atomic E-state index is 0.144. The standard InChI is InChI=1S/C31H36Cl2N4O4S/c1-19(32)16-17-22(20(2)33)29-28(30(38)35-21(3)25-13-9-10-18-34-25)23-11-5-6-12-24(23)31(39)37(29)27-15-8-7-14-26(27)36-42(4,40)41/h5-6,9-13,16-18,21,26-29,36H,2,7-8,14-15H2,1,3-4H3,(H,35,38)/b19-16+,22-17+/t21?,26-,27-,28+,29-/m0/s1. The third kappa shape index (κ3) is 7.32. The van der Waals surface area contributed by atoms with Crippen LogP contribution in [0.4, 0.5) is 0 Å². The Morgan fingerprint density at radius 3 is 2.45 bits per heavy atom. The number of nitrogens with zero attached hydrogens (tertiary/aromatic N) is 2. The summed E-state index contributed by atoms with van der Waals surface area (Å²) in [7, 11) is -3.58. The number of aromatic nitrogens is 1. The van der Waals surface area contributed by atoms with Gasteiger partial charge >= 0.3 is 0 Å². The van der Waals surface area contributed by atoms with Crippen molar-refractivity contribution in [1.29, 1.82) is 0 Å². The Labute approximate surface area is 257 Å². The summed E-state index contributed by atoms with van der Waals surface area (Å²) in [4.78, 5) is 34.7. The van der Waals surface area contributed by atoms with Crippen molar-refractivity contribution in [3.8, 4) is 0 Å². The van der Waals surface area contributed by atoms with Crippen molar-refractivity contribution in [1.82, 2.24) is 19.9 Å². The molecule has 1 unspecified atom stereocenters. The Morgan fingerprint density at radius 2 is 1.81 bits per heavy atom. The number of nitrogens with one attached hydrogen (secondary N) is 2. The maximum absolute atomic E-state index is 14.4. The molecule has 2 heterocycles. The number of halogens is 2. The molecule has 1 aliphatic heterocycles. The van der Waals surface area contributed by atoms with Crippen LogP contribution in [-0.4, -0.2) is 54.5 Å². The lowest BCUT2D eigenvalue weighted by Crippen LogP contribution is -2.62. The van der Waals surface area contributed by atoms with Gasteiger partial charge in [-0.3, -0.25) is 14.6 Å². The molecule has 0 saturated heterocycles. The van der Waals surface area contributed by atoms with Crippen LogP contribution in [0, 0.1) is 0 Å². The van der Waals surface area contributed by atoms with E-state index in [9.17, 15) is 18.0 Å². The first kappa shape index (κ1) is 31.9. The Hall–Kier alpha value is -2.98. The van der Waals surface area contributed by atoms with E-state index in [4.69, 9.17) is 23.2 Å². The molecule has 0 radical (unpaired) electrons. The SMILES string of the molecule is C=C(Cl)/C(=C\C=C(/C)Cl)[C@H]1[C@H](C(=O)NC(C)c2ccccn2)c2ccccc2C(=O)N1[C@H]1CCCC[C@@H]1NS(C)(=O)=O. The molecule has 224 valence electrons. The van der Waals surface area contributed by atoms with Gasteiger partial charge in [-0.25, -0.2) is 13.1 Å². The van der Waals surface area contributed by atoms with Crippen LogP contribution in [-0.2, 0) is 14.8 Å². The van der Waals surface area contributed by atoms with Crippen LogP contribution in [0.25, 0.3) is 0 Å². The van der Waals surface area contributed by atoms with Crippen LogP contribution in [0.5, 0.6) is 0 Å². The van der Waals surface area contributed by atoms with E-state index in [-0.39, 0.29) is 16.8 Å². The smallest absolute Gasteiger partial charge is 0.255 e. The second-order valence-electron chi connectivity index (χ2n) is 10.8. The van der Waals surface area contributed by atoms with Gasteiger partial charge in [-0.1, -0.05) is 73.0 Å². The van der Waals surface area contributed by atoms with Gasteiger partial charge in [0.25, 0.3) is 5.91 Å². The molecule has 2 amide bonds. The number of pyridine rings is 1. The van der Waals surface area contributed by atoms with Crippen molar-refractivity contribution in [3.05, 3.63) is 99.9 Å². The van der Waals surface area contributed by atoms with Gasteiger partial charge in [-0.2, -0.15) is 0 Å². The molecular weight excluding hydrogens is 595 g/mol. The minimum atomic E-state index is -3.58. The zero-order valence-corrected chi connectivity index (χ0v) is 26.2. The van der Waals surface area contributed by atoms with Gasteiger partial charge < -0.3 is 10.2 Å². The molecule has 42 heavy (non-hydrogen) atoms. The van der Waals surface area contributed by atoms with Crippen molar-refractivity contribution >= 4 is 45.0 Å². The lowest BCUT2D eigenvalue weighted by Gasteiger charge is -2.49. The quantitative estimate of drug-likeness (QED) is 0.353. The Morgan fingerprint density at radius 1 is 1.12 bits per heavy atom. The fraction of sp³-hybridized carbons (Fsp3) is 0.387. The number of benzene rings is 1. The maximum Gasteiger partial charge on any atom is 0.255 e. The number of carbonyl (C=O) groups excluding carboxylic acids is 2. The second kappa shape index (κ2) is 13.5. The molecule has 1 aliphatic carbocycles. The lowest BCUT2D eigenvalue weighted by molar-refractivity contribution is -0.124. The van der Waals surface area contributed by atoms with Crippen LogP contribution in [0.15, 0.2) is 83.0 Å². The van der Waals surface area contributed by atoms with Gasteiger partial charge in [-0.05, 0) is 62.1 Å². The van der Waals surface area contributed by atoms with Crippen molar-refractivity contribution in [2.24, 2.45) is 0 Å². The summed E-state index contributed by atoms with van der Waals surface area (Å²) in [6.07, 6.45) is 8.78. The minimum Gasteiger partial charge on any atom is -0.347 e. The number of hydrogen-bond donors (Lipinski definition) is 2. The molecule has 1 saturated carbocycles. The highest BCUT2D eigenvalue weighted by Gasteiger charge is 2.50. The fourth-order valence-electron chi connectivity index (χ4n) is 5.95. The van der Waals surface area contributed by atoms with E-state index in [1.165, 1.54) is 0 Å². The first-order valence-electron chi connectivity index (χ1n) is 13.9. The van der Waals surface area contributed by atoms with Crippen molar-refractivity contribution in [3.63, 3.8) is 0 Å². The predicted octanol–water partition coefficient (Wildman–Crippen LogP) is 5.55. The highest BCUT2D eigenvalue weighted by atomic mass is 35.5. The summed E-state index contributed by atoms with van der Waals surface area (Å²) in [5, 5.41) is 3.71. The monoisotopic (exact) mass is 630 g/mol. The molecular formula is C31H36Cl2N4O4S. The number of sulfonamides is 1. The number of fused-ring (bicyclic) bond motifs is 1. The fourth-order valence-corrected chi connectivity index (χ4v) is 7.01. The molecule has 5 atom stereocenters. The zero-order valence-electron chi connectivity index (χ0n) is 23.9. The van der Waals surface area contributed by atoms with Crippen LogP contribution >= 0.6 is 23.2 Å². The van der Waals surface area contributed by atoms with Gasteiger partial charge in [-0.15, -0.1) is 0 Å². The third-order valence-corrected chi connectivity index (χ3v) is 8.80. The molecule has 4 rings (SSSR count). The Kier molecular flexibility index (Phi) is 10.3. The summed E-state index contributed by atoms with van der Waals surface area (Å²) in [6.45, 7) is 7.53. The molecule has 2 N–H and O–H groups in total.